The summed E-state index contributed by atoms with van der Waals surface area (Å²) in [5.74, 6) is -3.33. The molecule has 0 radical (unpaired) electrons. The lowest BCUT2D eigenvalue weighted by Crippen LogP contribution is -2.88. The summed E-state index contributed by atoms with van der Waals surface area (Å²) in [4.78, 5) is 76.3. The highest BCUT2D eigenvalue weighted by Gasteiger charge is 2.33. The summed E-state index contributed by atoms with van der Waals surface area (Å²) in [5.41, 5.74) is 0. The normalized spacial score (nSPS) is 14.7. The highest BCUT2D eigenvalue weighted by Crippen LogP contribution is 2.17. The van der Waals surface area contributed by atoms with Crippen LogP contribution in [0.1, 0.15) is 227 Å². The molecule has 1 fully saturated rings. The lowest BCUT2D eigenvalue weighted by atomic mass is 10.1. The van der Waals surface area contributed by atoms with Crippen LogP contribution >= 0.6 is 0 Å². The van der Waals surface area contributed by atoms with Crippen molar-refractivity contribution in [2.24, 2.45) is 11.8 Å². The zero-order chi connectivity index (χ0) is 46.9. The SMILES string of the molecule is CCCCCCCCC(=O)OCC(COC(=O)CCCCCCCC)CC(=O)OC[C@H]1C[C@@H](OC(=O)CC(COC(=O)CCCCCCCC)COC(=O)CCCCCCCC)C[NH2+]1. The van der Waals surface area contributed by atoms with Crippen LogP contribution in [-0.4, -0.2) is 87.5 Å². The van der Waals surface area contributed by atoms with E-state index in [9.17, 15) is 28.8 Å². The molecule has 13 heteroatoms. The Bertz CT molecular complexity index is 1160. The van der Waals surface area contributed by atoms with E-state index in [0.717, 1.165) is 128 Å². The fourth-order valence-corrected chi connectivity index (χ4v) is 7.73. The first-order chi connectivity index (χ1) is 31.1. The van der Waals surface area contributed by atoms with Crippen molar-refractivity contribution in [3.8, 4) is 0 Å². The van der Waals surface area contributed by atoms with E-state index in [-0.39, 0.29) is 75.8 Å². The fraction of sp³-hybridized carbons (Fsp3) is 0.882. The first-order valence-corrected chi connectivity index (χ1v) is 25.9. The molecule has 0 amide bonds. The highest BCUT2D eigenvalue weighted by atomic mass is 16.6. The number of rotatable bonds is 43. The van der Waals surface area contributed by atoms with E-state index in [1.807, 2.05) is 5.32 Å². The van der Waals surface area contributed by atoms with Crippen LogP contribution in [0.2, 0.25) is 0 Å². The minimum atomic E-state index is -0.534. The number of unbranched alkanes of at least 4 members (excludes halogenated alkanes) is 20. The van der Waals surface area contributed by atoms with Crippen LogP contribution in [0.4, 0.5) is 0 Å². The number of hydrogen-bond acceptors (Lipinski definition) is 12. The van der Waals surface area contributed by atoms with Gasteiger partial charge in [0.1, 0.15) is 19.2 Å². The van der Waals surface area contributed by atoms with Crippen LogP contribution in [0.15, 0.2) is 0 Å². The Labute approximate surface area is 387 Å². The Hall–Kier alpha value is -3.22. The molecule has 0 aromatic carbocycles. The first kappa shape index (κ1) is 58.8. The summed E-state index contributed by atoms with van der Waals surface area (Å²) in [6.45, 7) is 9.08. The maximum atomic E-state index is 13.2. The summed E-state index contributed by atoms with van der Waals surface area (Å²) >= 11 is 0. The van der Waals surface area contributed by atoms with E-state index < -0.39 is 29.9 Å². The minimum absolute atomic E-state index is 0.0406. The second kappa shape index (κ2) is 41.2. The predicted molar refractivity (Wildman–Crippen MR) is 248 cm³/mol. The van der Waals surface area contributed by atoms with Crippen LogP contribution in [0.3, 0.4) is 0 Å². The molecule has 2 N–H and O–H groups in total. The van der Waals surface area contributed by atoms with Gasteiger partial charge in [-0.2, -0.15) is 0 Å². The van der Waals surface area contributed by atoms with Crippen molar-refractivity contribution < 1.29 is 62.5 Å². The molecule has 1 saturated heterocycles. The maximum Gasteiger partial charge on any atom is 0.306 e. The lowest BCUT2D eigenvalue weighted by molar-refractivity contribution is -0.673. The van der Waals surface area contributed by atoms with Gasteiger partial charge < -0.3 is 33.7 Å². The van der Waals surface area contributed by atoms with Gasteiger partial charge in [0, 0.05) is 43.9 Å². The van der Waals surface area contributed by atoms with Gasteiger partial charge in [-0.3, -0.25) is 28.8 Å². The molecule has 0 unspecified atom stereocenters. The zero-order valence-electron chi connectivity index (χ0n) is 40.9. The van der Waals surface area contributed by atoms with Crippen molar-refractivity contribution in [2.45, 2.75) is 239 Å². The fourth-order valence-electron chi connectivity index (χ4n) is 7.73. The molecule has 1 aliphatic rings. The van der Waals surface area contributed by atoms with E-state index >= 15 is 0 Å². The largest absolute Gasteiger partial charge is 0.465 e. The summed E-state index contributed by atoms with van der Waals surface area (Å²) in [5, 5.41) is 1.97. The summed E-state index contributed by atoms with van der Waals surface area (Å²) in [7, 11) is 0. The molecule has 0 aliphatic carbocycles. The van der Waals surface area contributed by atoms with Gasteiger partial charge in [0.2, 0.25) is 0 Å². The maximum absolute atomic E-state index is 13.2. The number of carbonyl (C=O) groups is 6. The molecule has 0 bridgehead atoms. The zero-order valence-corrected chi connectivity index (χ0v) is 40.9. The Morgan fingerprint density at radius 3 is 1.06 bits per heavy atom. The van der Waals surface area contributed by atoms with Gasteiger partial charge in [-0.25, -0.2) is 0 Å². The van der Waals surface area contributed by atoms with E-state index in [4.69, 9.17) is 28.4 Å². The predicted octanol–water partition coefficient (Wildman–Crippen LogP) is 9.96. The van der Waals surface area contributed by atoms with Gasteiger partial charge in [-0.1, -0.05) is 156 Å². The lowest BCUT2D eigenvalue weighted by Gasteiger charge is -2.18. The van der Waals surface area contributed by atoms with Gasteiger partial charge in [-0.15, -0.1) is 0 Å². The molecule has 2 atom stereocenters. The minimum Gasteiger partial charge on any atom is -0.465 e. The molecule has 64 heavy (non-hydrogen) atoms. The van der Waals surface area contributed by atoms with E-state index in [1.165, 1.54) is 25.7 Å². The topological polar surface area (TPSA) is 174 Å². The number of hydrogen-bond donors (Lipinski definition) is 1. The molecular weight excluding hydrogens is 819 g/mol. The van der Waals surface area contributed by atoms with Crippen molar-refractivity contribution >= 4 is 35.8 Å². The molecule has 13 nitrogen and oxygen atoms in total. The van der Waals surface area contributed by atoms with Gasteiger partial charge >= 0.3 is 35.8 Å². The number of nitrogens with two attached hydrogens (primary N) is 1. The molecule has 0 aromatic heterocycles. The molecule has 1 aliphatic heterocycles. The quantitative estimate of drug-likeness (QED) is 0.0349. The van der Waals surface area contributed by atoms with E-state index in [2.05, 4.69) is 27.7 Å². The van der Waals surface area contributed by atoms with Gasteiger partial charge in [0.05, 0.1) is 39.3 Å². The molecule has 0 aromatic rings. The Kier molecular flexibility index (Phi) is 37.9. The average Bonchev–Trinajstić information content (AvgIpc) is 3.73. The van der Waals surface area contributed by atoms with Gasteiger partial charge in [0.15, 0.2) is 6.10 Å². The summed E-state index contributed by atoms with van der Waals surface area (Å²) in [6.07, 6.45) is 26.4. The van der Waals surface area contributed by atoms with Crippen molar-refractivity contribution in [3.63, 3.8) is 0 Å². The van der Waals surface area contributed by atoms with Gasteiger partial charge in [0.25, 0.3) is 0 Å². The third-order valence-corrected chi connectivity index (χ3v) is 11.8. The Balaban J connectivity index is 2.64. The van der Waals surface area contributed by atoms with Crippen molar-refractivity contribution in [2.75, 3.05) is 39.6 Å². The molecule has 0 saturated carbocycles. The van der Waals surface area contributed by atoms with Crippen LogP contribution in [0, 0.1) is 11.8 Å². The second-order valence-corrected chi connectivity index (χ2v) is 18.2. The Morgan fingerprint density at radius 1 is 0.406 bits per heavy atom. The smallest absolute Gasteiger partial charge is 0.306 e. The van der Waals surface area contributed by atoms with Crippen LogP contribution < -0.4 is 5.32 Å². The number of ether oxygens (including phenoxy) is 6. The second-order valence-electron chi connectivity index (χ2n) is 18.2. The van der Waals surface area contributed by atoms with Crippen molar-refractivity contribution in [1.82, 2.24) is 0 Å². The molecule has 0 spiro atoms. The van der Waals surface area contributed by atoms with Crippen LogP contribution in [-0.2, 0) is 57.2 Å². The summed E-state index contributed by atoms with van der Waals surface area (Å²) in [6, 6.07) is -0.132. The molecule has 1 heterocycles. The molecule has 372 valence electrons. The standard InChI is InChI=1S/C51H91NO12/c1-5-9-13-17-21-25-29-46(53)59-37-42(38-60-47(54)30-26-22-18-14-10-6-2)33-50(57)63-41-44-35-45(36-52-44)64-51(58)34-43(39-61-48(55)31-27-23-19-15-11-7-3)40-62-49(56)32-28-24-20-16-12-8-4/h42-45,52H,5-41H2,1-4H3/p+1/t44-,45-/m1/s1. The van der Waals surface area contributed by atoms with E-state index in [1.54, 1.807) is 0 Å². The average molecular weight is 911 g/mol. The van der Waals surface area contributed by atoms with Crippen molar-refractivity contribution in [1.29, 1.82) is 0 Å². The summed E-state index contributed by atoms with van der Waals surface area (Å²) < 4.78 is 33.6. The van der Waals surface area contributed by atoms with E-state index in [0.29, 0.717) is 38.6 Å². The first-order valence-electron chi connectivity index (χ1n) is 25.9. The highest BCUT2D eigenvalue weighted by molar-refractivity contribution is 5.72. The number of quaternary nitrogens is 1. The third-order valence-electron chi connectivity index (χ3n) is 11.8. The Morgan fingerprint density at radius 2 is 0.719 bits per heavy atom. The molecule has 1 rings (SSSR count). The number of esters is 6. The third kappa shape index (κ3) is 35.1. The van der Waals surface area contributed by atoms with Crippen LogP contribution in [0.5, 0.6) is 0 Å². The van der Waals surface area contributed by atoms with Gasteiger partial charge in [-0.05, 0) is 25.7 Å². The molecular formula is C51H92NO12+. The monoisotopic (exact) mass is 911 g/mol. The van der Waals surface area contributed by atoms with Crippen molar-refractivity contribution in [3.05, 3.63) is 0 Å². The number of carbonyl (C=O) groups excluding carboxylic acids is 6. The van der Waals surface area contributed by atoms with Crippen LogP contribution in [0.25, 0.3) is 0 Å².